The van der Waals surface area contributed by atoms with Crippen LogP contribution >= 0.6 is 423 Å². The van der Waals surface area contributed by atoms with Crippen molar-refractivity contribution in [1.29, 1.82) is 0 Å². The first-order valence-corrected chi connectivity index (χ1v) is 56.8. The van der Waals surface area contributed by atoms with Crippen LogP contribution in [0.25, 0.3) is 0 Å². The summed E-state index contributed by atoms with van der Waals surface area (Å²) in [6.07, 6.45) is 17.9. The normalized spacial score (nSPS) is 22.4. The fourth-order valence-corrected chi connectivity index (χ4v) is 58.2. The Kier molecular flexibility index (Phi) is 32.8. The molecule has 0 radical (unpaired) electrons. The van der Waals surface area contributed by atoms with Crippen LogP contribution in [0.15, 0.2) is 130 Å². The number of hydrogen-bond donors (Lipinski definition) is 0. The van der Waals surface area contributed by atoms with Crippen LogP contribution in [0.5, 0.6) is 0 Å². The van der Waals surface area contributed by atoms with Crippen LogP contribution in [-0.4, -0.2) is 70.4 Å². The van der Waals surface area contributed by atoms with Gasteiger partial charge in [0.1, 0.15) is 0 Å². The number of allylic oxidation sites excluding steroid dienone is 4. The molecule has 0 saturated heterocycles. The number of rotatable bonds is 24. The van der Waals surface area contributed by atoms with E-state index in [0.717, 1.165) is 20.3 Å². The first kappa shape index (κ1) is 73.4. The summed E-state index contributed by atoms with van der Waals surface area (Å²) in [5.74, 6) is 0. The molecule has 36 heteroatoms. The number of hydrogen-bond acceptors (Lipinski definition) is 36. The minimum atomic E-state index is 0.994. The maximum absolute atomic E-state index is 2.26. The molecule has 444 valence electrons. The van der Waals surface area contributed by atoms with Crippen molar-refractivity contribution in [3.05, 3.63) is 130 Å². The summed E-state index contributed by atoms with van der Waals surface area (Å²) in [5.41, 5.74) is 0. The molecule has 0 atom stereocenters. The summed E-state index contributed by atoms with van der Waals surface area (Å²) >= 11 is 71.5. The van der Waals surface area contributed by atoms with Crippen molar-refractivity contribution in [3.8, 4) is 0 Å². The summed E-state index contributed by atoms with van der Waals surface area (Å²) in [6.45, 7) is 9.06. The Hall–Kier alpha value is 8.70. The van der Waals surface area contributed by atoms with Gasteiger partial charge in [0.2, 0.25) is 0 Å². The van der Waals surface area contributed by atoms with Gasteiger partial charge in [0, 0.05) is 20.3 Å². The molecule has 10 rings (SSSR count). The predicted octanol–water partition coefficient (Wildman–Crippen LogP) is 31.5. The highest BCUT2D eigenvalue weighted by atomic mass is 32.3. The number of thioether (sulfide) groups is 36. The van der Waals surface area contributed by atoms with Crippen molar-refractivity contribution in [2.75, 3.05) is 70.4 Å². The Morgan fingerprint density at radius 3 is 0.427 bits per heavy atom. The summed E-state index contributed by atoms with van der Waals surface area (Å²) in [6, 6.07) is 0. The lowest BCUT2D eigenvalue weighted by atomic mass is 10.6. The van der Waals surface area contributed by atoms with Gasteiger partial charge < -0.3 is 0 Å². The molecule has 10 aliphatic rings. The molecule has 0 amide bonds. The molecule has 0 unspecified atom stereocenters. The summed E-state index contributed by atoms with van der Waals surface area (Å²) in [4.78, 5) is 5.77. The Morgan fingerprint density at radius 1 is 0.171 bits per heavy atom. The predicted molar refractivity (Wildman–Crippen MR) is 468 cm³/mol. The first-order valence-electron chi connectivity index (χ1n) is 22.8. The molecular weight excluding hydrogens is 1710 g/mol. The molecule has 10 aliphatic heterocycles. The minimum Gasteiger partial charge on any atom is -0.121 e. The molecule has 82 heavy (non-hydrogen) atoms. The van der Waals surface area contributed by atoms with Crippen LogP contribution in [0.2, 0.25) is 0 Å². The maximum atomic E-state index is 2.26. The molecule has 0 bridgehead atoms. The molecule has 0 saturated carbocycles. The van der Waals surface area contributed by atoms with Gasteiger partial charge in [-0.2, -0.15) is 0 Å². The third kappa shape index (κ3) is 19.2. The Morgan fingerprint density at radius 2 is 0.280 bits per heavy atom. The van der Waals surface area contributed by atoms with Crippen molar-refractivity contribution in [1.82, 2.24) is 0 Å². The van der Waals surface area contributed by atoms with Crippen LogP contribution in [0.1, 0.15) is 27.7 Å². The molecule has 0 fully saturated rings. The van der Waals surface area contributed by atoms with Crippen LogP contribution in [0.4, 0.5) is 0 Å². The zero-order chi connectivity index (χ0) is 57.6. The van der Waals surface area contributed by atoms with Crippen LogP contribution in [0.3, 0.4) is 0 Å². The van der Waals surface area contributed by atoms with Crippen molar-refractivity contribution in [2.45, 2.75) is 27.7 Å². The van der Waals surface area contributed by atoms with E-state index in [9.17, 15) is 0 Å². The third-order valence-corrected chi connectivity index (χ3v) is 61.5. The lowest BCUT2D eigenvalue weighted by molar-refractivity contribution is 1.57. The van der Waals surface area contributed by atoms with E-state index in [1.165, 1.54) is 130 Å². The third-order valence-electron chi connectivity index (χ3n) is 10.1. The summed E-state index contributed by atoms with van der Waals surface area (Å²) in [7, 11) is 0. The lowest BCUT2D eigenvalue weighted by Crippen LogP contribution is -1.77. The van der Waals surface area contributed by atoms with E-state index in [1.807, 2.05) is 376 Å². The monoisotopic (exact) mass is 1750 g/mol. The topological polar surface area (TPSA) is 0 Å². The van der Waals surface area contributed by atoms with Crippen molar-refractivity contribution in [3.63, 3.8) is 0 Å². The average molecular weight is 1750 g/mol. The van der Waals surface area contributed by atoms with Crippen LogP contribution < -0.4 is 0 Å². The summed E-state index contributed by atoms with van der Waals surface area (Å²) < 4.78 is 37.9. The second-order valence-electron chi connectivity index (χ2n) is 15.0. The van der Waals surface area contributed by atoms with Gasteiger partial charge in [0.15, 0.2) is 0 Å². The highest BCUT2D eigenvalue weighted by molar-refractivity contribution is 8.51. The molecule has 0 aliphatic carbocycles. The van der Waals surface area contributed by atoms with Gasteiger partial charge in [-0.15, -0.1) is 188 Å². The Balaban J connectivity index is 0.853. The molecule has 0 N–H and O–H groups in total. The van der Waals surface area contributed by atoms with Gasteiger partial charge in [-0.1, -0.05) is 235 Å². The van der Waals surface area contributed by atoms with E-state index in [1.54, 1.807) is 0 Å². The Labute approximate surface area is 639 Å². The van der Waals surface area contributed by atoms with Gasteiger partial charge in [0.05, 0.1) is 110 Å². The minimum absolute atomic E-state index is 0.994. The Bertz CT molecular complexity index is 2840. The van der Waals surface area contributed by atoms with E-state index < -0.39 is 0 Å². The molecular formula is C46H44S36. The van der Waals surface area contributed by atoms with E-state index >= 15 is 0 Å². The van der Waals surface area contributed by atoms with Gasteiger partial charge in [-0.25, -0.2) is 0 Å². The lowest BCUT2D eigenvalue weighted by Gasteiger charge is -2.07. The highest BCUT2D eigenvalue weighted by Gasteiger charge is 2.36. The molecule has 0 aromatic carbocycles. The SMILES string of the molecule is CSC1=C(SC)SC(=C2SC(SC)=C(SCSC3=C(SCSC4=C(SC)SC(=C5SC(SC)=C(SC)S5)S4)SC(=C4SC(SCSC5=C(SC)SC(=C6SC(C)=C(C)S6)S5)=C(SCSC5=C(SC)SC(=C6SC(C)=C(C)S6)S5)S4)S3)S2)S1. The quantitative estimate of drug-likeness (QED) is 0.0841. The van der Waals surface area contributed by atoms with Gasteiger partial charge in [-0.05, 0) is 97.4 Å². The average Bonchev–Trinajstić information content (AvgIpc) is 4.40. The van der Waals surface area contributed by atoms with E-state index in [-0.39, 0.29) is 0 Å². The molecule has 10 heterocycles. The van der Waals surface area contributed by atoms with Gasteiger partial charge >= 0.3 is 0 Å². The van der Waals surface area contributed by atoms with Crippen LogP contribution in [-0.2, 0) is 0 Å². The maximum Gasteiger partial charge on any atom is 0.0717 e. The first-order chi connectivity index (χ1) is 39.8. The second-order valence-corrected chi connectivity index (χ2v) is 58.8. The fraction of sp³-hybridized carbons (Fsp3) is 0.348. The molecule has 0 aromatic heterocycles. The summed E-state index contributed by atoms with van der Waals surface area (Å²) in [5, 5.41) is 3.99. The van der Waals surface area contributed by atoms with Gasteiger partial charge in [-0.3, -0.25) is 0 Å². The fourth-order valence-electron chi connectivity index (χ4n) is 6.15. The van der Waals surface area contributed by atoms with Crippen molar-refractivity contribution >= 4 is 423 Å². The van der Waals surface area contributed by atoms with E-state index in [4.69, 9.17) is 0 Å². The van der Waals surface area contributed by atoms with E-state index in [0.29, 0.717) is 0 Å². The van der Waals surface area contributed by atoms with Gasteiger partial charge in [0.25, 0.3) is 0 Å². The highest BCUT2D eigenvalue weighted by Crippen LogP contribution is 2.72. The molecule has 0 nitrogen and oxygen atoms in total. The standard InChI is InChI=1S/C46H44S36/c1-17-18(2)64-37(63-17)39-71-25(51-9)29(75-39)55-13-59-33-34(60-14-56-30-26(52-10)72-40(76-30)38-65-19(3)20(4)66-38)80-45(79-33)46-81-35(61-15-57-31-27(53-11)73-43(77-31)41-67-21(47-5)22(48-6)68-41)36(82-46)62-16-58-32-28(54-12)74-44(78-32)42-69-23(49-7)24(50-8)70-42/h13-16H2,1-12H3. The van der Waals surface area contributed by atoms with E-state index in [2.05, 4.69) is 125 Å². The zero-order valence-corrected chi connectivity index (χ0v) is 73.9. The smallest absolute Gasteiger partial charge is 0.0717 e. The van der Waals surface area contributed by atoms with Crippen molar-refractivity contribution < 1.29 is 0 Å². The largest absolute Gasteiger partial charge is 0.121 e. The second kappa shape index (κ2) is 36.7. The van der Waals surface area contributed by atoms with Crippen LogP contribution in [0, 0.1) is 0 Å². The molecule has 0 spiro atoms. The molecule has 0 aromatic rings. The zero-order valence-electron chi connectivity index (χ0n) is 44.5. The van der Waals surface area contributed by atoms with Crippen molar-refractivity contribution in [2.24, 2.45) is 0 Å².